The van der Waals surface area contributed by atoms with Gasteiger partial charge in [0.2, 0.25) is 5.13 Å². The molecule has 0 atom stereocenters. The van der Waals surface area contributed by atoms with Gasteiger partial charge in [0.1, 0.15) is 12.4 Å². The summed E-state index contributed by atoms with van der Waals surface area (Å²) in [5.41, 5.74) is 7.18. The highest BCUT2D eigenvalue weighted by atomic mass is 32.1. The number of hydrazone groups is 1. The summed E-state index contributed by atoms with van der Waals surface area (Å²) in [4.78, 5) is 4.57. The highest BCUT2D eigenvalue weighted by molar-refractivity contribution is 7.14. The zero-order valence-corrected chi connectivity index (χ0v) is 18.1. The lowest BCUT2D eigenvalue weighted by molar-refractivity contribution is 0.306. The molecule has 0 spiro atoms. The molecular formula is C27H21N3OS. The van der Waals surface area contributed by atoms with Crippen LogP contribution in [0.5, 0.6) is 5.75 Å². The SMILES string of the molecule is C(=NNc1nc(-c2ccccc2)cs1)c1ccc(OCc2ccc3ccccc3c2)cc1. The van der Waals surface area contributed by atoms with Gasteiger partial charge < -0.3 is 4.74 Å². The molecule has 1 heterocycles. The molecule has 0 unspecified atom stereocenters. The summed E-state index contributed by atoms with van der Waals surface area (Å²) < 4.78 is 5.95. The Labute approximate surface area is 190 Å². The summed E-state index contributed by atoms with van der Waals surface area (Å²) >= 11 is 1.53. The molecule has 5 aromatic rings. The number of fused-ring (bicyclic) bond motifs is 1. The van der Waals surface area contributed by atoms with Crippen LogP contribution in [0.15, 0.2) is 108 Å². The predicted octanol–water partition coefficient (Wildman–Crippen LogP) is 6.99. The molecule has 1 N–H and O–H groups in total. The highest BCUT2D eigenvalue weighted by Crippen LogP contribution is 2.24. The monoisotopic (exact) mass is 435 g/mol. The molecule has 0 saturated carbocycles. The molecule has 32 heavy (non-hydrogen) atoms. The van der Waals surface area contributed by atoms with Crippen molar-refractivity contribution in [2.24, 2.45) is 5.10 Å². The van der Waals surface area contributed by atoms with E-state index in [2.05, 4.69) is 58.0 Å². The number of aromatic nitrogens is 1. The van der Waals surface area contributed by atoms with Crippen molar-refractivity contribution >= 4 is 33.5 Å². The van der Waals surface area contributed by atoms with Crippen LogP contribution in [0.2, 0.25) is 0 Å². The highest BCUT2D eigenvalue weighted by Gasteiger charge is 2.03. The molecule has 4 nitrogen and oxygen atoms in total. The minimum absolute atomic E-state index is 0.535. The molecule has 0 aliphatic carbocycles. The fourth-order valence-electron chi connectivity index (χ4n) is 3.37. The van der Waals surface area contributed by atoms with Crippen LogP contribution < -0.4 is 10.2 Å². The Balaban J connectivity index is 1.16. The molecule has 4 aromatic carbocycles. The first-order valence-corrected chi connectivity index (χ1v) is 11.2. The van der Waals surface area contributed by atoms with Crippen LogP contribution in [0.4, 0.5) is 5.13 Å². The third-order valence-corrected chi connectivity index (χ3v) is 5.79. The number of nitrogens with zero attached hydrogens (tertiary/aromatic N) is 2. The summed E-state index contributed by atoms with van der Waals surface area (Å²) in [5.74, 6) is 0.829. The standard InChI is InChI=1S/C27H21N3OS/c1-2-7-23(8-3-1)26-19-32-27(29-26)30-28-17-20-11-14-25(15-12-20)31-18-21-10-13-22-6-4-5-9-24(22)16-21/h1-17,19H,18H2,(H,29,30). The molecule has 0 radical (unpaired) electrons. The number of thiazole rings is 1. The second kappa shape index (κ2) is 9.45. The normalized spacial score (nSPS) is 11.1. The Morgan fingerprint density at radius 2 is 1.62 bits per heavy atom. The first kappa shape index (κ1) is 20.0. The van der Waals surface area contributed by atoms with E-state index >= 15 is 0 Å². The lowest BCUT2D eigenvalue weighted by Gasteiger charge is -2.07. The smallest absolute Gasteiger partial charge is 0.203 e. The minimum atomic E-state index is 0.535. The maximum absolute atomic E-state index is 5.95. The van der Waals surface area contributed by atoms with E-state index in [1.54, 1.807) is 6.21 Å². The first-order chi connectivity index (χ1) is 15.8. The van der Waals surface area contributed by atoms with Crippen molar-refractivity contribution in [1.82, 2.24) is 4.98 Å². The van der Waals surface area contributed by atoms with Crippen molar-refractivity contribution < 1.29 is 4.74 Å². The maximum Gasteiger partial charge on any atom is 0.203 e. The van der Waals surface area contributed by atoms with E-state index in [9.17, 15) is 0 Å². The average Bonchev–Trinajstić information content (AvgIpc) is 3.33. The van der Waals surface area contributed by atoms with E-state index in [0.29, 0.717) is 6.61 Å². The second-order valence-electron chi connectivity index (χ2n) is 7.31. The van der Waals surface area contributed by atoms with Gasteiger partial charge in [-0.1, -0.05) is 66.7 Å². The summed E-state index contributed by atoms with van der Waals surface area (Å²) in [7, 11) is 0. The molecule has 0 saturated heterocycles. The van der Waals surface area contributed by atoms with E-state index in [-0.39, 0.29) is 0 Å². The molecule has 0 fully saturated rings. The van der Waals surface area contributed by atoms with Crippen molar-refractivity contribution in [2.75, 3.05) is 5.43 Å². The number of nitrogens with one attached hydrogen (secondary N) is 1. The third-order valence-electron chi connectivity index (χ3n) is 5.05. The van der Waals surface area contributed by atoms with Gasteiger partial charge in [-0.2, -0.15) is 5.10 Å². The second-order valence-corrected chi connectivity index (χ2v) is 8.17. The number of benzene rings is 4. The quantitative estimate of drug-likeness (QED) is 0.221. The Morgan fingerprint density at radius 3 is 2.47 bits per heavy atom. The van der Waals surface area contributed by atoms with Crippen molar-refractivity contribution in [3.63, 3.8) is 0 Å². The average molecular weight is 436 g/mol. The molecular weight excluding hydrogens is 414 g/mol. The fourth-order valence-corrected chi connectivity index (χ4v) is 4.04. The molecule has 0 amide bonds. The van der Waals surface area contributed by atoms with Crippen molar-refractivity contribution in [3.05, 3.63) is 114 Å². The summed E-state index contributed by atoms with van der Waals surface area (Å²) in [5, 5.41) is 9.55. The summed E-state index contributed by atoms with van der Waals surface area (Å²) in [6, 6.07) is 32.7. The van der Waals surface area contributed by atoms with E-state index in [4.69, 9.17) is 4.74 Å². The number of hydrogen-bond acceptors (Lipinski definition) is 5. The van der Waals surface area contributed by atoms with Crippen LogP contribution in [0.3, 0.4) is 0 Å². The van der Waals surface area contributed by atoms with Crippen molar-refractivity contribution in [1.29, 1.82) is 0 Å². The summed E-state index contributed by atoms with van der Waals surface area (Å²) in [6.45, 7) is 0.535. The molecule has 156 valence electrons. The number of ether oxygens (including phenoxy) is 1. The lowest BCUT2D eigenvalue weighted by atomic mass is 10.1. The van der Waals surface area contributed by atoms with Gasteiger partial charge in [0.15, 0.2) is 0 Å². The van der Waals surface area contributed by atoms with Gasteiger partial charge in [-0.05, 0) is 52.2 Å². The van der Waals surface area contributed by atoms with Gasteiger partial charge >= 0.3 is 0 Å². The number of hydrogen-bond donors (Lipinski definition) is 1. The largest absolute Gasteiger partial charge is 0.489 e. The molecule has 1 aromatic heterocycles. The van der Waals surface area contributed by atoms with Gasteiger partial charge in [0.05, 0.1) is 11.9 Å². The van der Waals surface area contributed by atoms with E-state index in [0.717, 1.165) is 33.3 Å². The Bertz CT molecular complexity index is 1340. The van der Waals surface area contributed by atoms with Gasteiger partial charge in [0, 0.05) is 10.9 Å². The zero-order valence-electron chi connectivity index (χ0n) is 17.3. The van der Waals surface area contributed by atoms with Crippen LogP contribution in [-0.2, 0) is 6.61 Å². The summed E-state index contributed by atoms with van der Waals surface area (Å²) in [6.07, 6.45) is 1.77. The van der Waals surface area contributed by atoms with Crippen LogP contribution in [0.1, 0.15) is 11.1 Å². The Hall–Kier alpha value is -3.96. The maximum atomic E-state index is 5.95. The third kappa shape index (κ3) is 4.85. The fraction of sp³-hybridized carbons (Fsp3) is 0.0370. The zero-order chi connectivity index (χ0) is 21.6. The van der Waals surface area contributed by atoms with E-state index in [1.165, 1.54) is 22.1 Å². The number of anilines is 1. The van der Waals surface area contributed by atoms with E-state index in [1.807, 2.05) is 60.0 Å². The topological polar surface area (TPSA) is 46.5 Å². The first-order valence-electron chi connectivity index (χ1n) is 10.3. The molecule has 5 rings (SSSR count). The van der Waals surface area contributed by atoms with E-state index < -0.39 is 0 Å². The van der Waals surface area contributed by atoms with Crippen LogP contribution in [-0.4, -0.2) is 11.2 Å². The Kier molecular flexibility index (Phi) is 5.90. The predicted molar refractivity (Wildman–Crippen MR) is 133 cm³/mol. The Morgan fingerprint density at radius 1 is 0.844 bits per heavy atom. The van der Waals surface area contributed by atoms with Crippen molar-refractivity contribution in [2.45, 2.75) is 6.61 Å². The van der Waals surface area contributed by atoms with Gasteiger partial charge in [-0.3, -0.25) is 5.43 Å². The molecule has 0 aliphatic heterocycles. The van der Waals surface area contributed by atoms with Crippen molar-refractivity contribution in [3.8, 4) is 17.0 Å². The number of rotatable bonds is 7. The molecule has 5 heteroatoms. The minimum Gasteiger partial charge on any atom is -0.489 e. The van der Waals surface area contributed by atoms with Gasteiger partial charge in [-0.25, -0.2) is 4.98 Å². The molecule has 0 aliphatic rings. The van der Waals surface area contributed by atoms with Gasteiger partial charge in [-0.15, -0.1) is 11.3 Å². The van der Waals surface area contributed by atoms with Crippen LogP contribution in [0, 0.1) is 0 Å². The molecule has 0 bridgehead atoms. The van der Waals surface area contributed by atoms with Crippen LogP contribution in [0.25, 0.3) is 22.0 Å². The lowest BCUT2D eigenvalue weighted by Crippen LogP contribution is -1.96. The van der Waals surface area contributed by atoms with Gasteiger partial charge in [0.25, 0.3) is 0 Å². The van der Waals surface area contributed by atoms with Crippen LogP contribution >= 0.6 is 11.3 Å².